The van der Waals surface area contributed by atoms with E-state index in [9.17, 15) is 0 Å². The summed E-state index contributed by atoms with van der Waals surface area (Å²) >= 11 is 0. The monoisotopic (exact) mass is 355 g/mol. The largest absolute Gasteiger partial charge is 0.491 e. The Labute approximate surface area is 156 Å². The molecule has 5 heteroatoms. The van der Waals surface area contributed by atoms with Crippen molar-refractivity contribution in [2.75, 3.05) is 25.6 Å². The van der Waals surface area contributed by atoms with Crippen LogP contribution in [0, 0.1) is 0 Å². The van der Waals surface area contributed by atoms with Crippen LogP contribution >= 0.6 is 0 Å². The van der Waals surface area contributed by atoms with Gasteiger partial charge in [0.25, 0.3) is 0 Å². The summed E-state index contributed by atoms with van der Waals surface area (Å²) in [7, 11) is 1.66. The Kier molecular flexibility index (Phi) is 7.96. The molecule has 26 heavy (non-hydrogen) atoms. The normalized spacial score (nSPS) is 11.4. The number of nitrogens with one attached hydrogen (secondary N) is 1. The highest BCUT2D eigenvalue weighted by Gasteiger charge is 2.07. The lowest BCUT2D eigenvalue weighted by Gasteiger charge is -2.14. The fourth-order valence-electron chi connectivity index (χ4n) is 2.68. The van der Waals surface area contributed by atoms with E-state index < -0.39 is 0 Å². The van der Waals surface area contributed by atoms with Crippen LogP contribution in [0.25, 0.3) is 0 Å². The van der Waals surface area contributed by atoms with Gasteiger partial charge in [0.2, 0.25) is 0 Å². The van der Waals surface area contributed by atoms with Crippen molar-refractivity contribution in [3.05, 3.63) is 59.2 Å². The Morgan fingerprint density at radius 2 is 1.65 bits per heavy atom. The molecule has 0 amide bonds. The average Bonchev–Trinajstić information content (AvgIpc) is 2.67. The Morgan fingerprint density at radius 1 is 1.00 bits per heavy atom. The first-order valence-corrected chi connectivity index (χ1v) is 9.06. The Bertz CT molecular complexity index is 689. The van der Waals surface area contributed by atoms with Crippen LogP contribution in [0.5, 0.6) is 5.75 Å². The lowest BCUT2D eigenvalue weighted by molar-refractivity contribution is 0.146. The van der Waals surface area contributed by atoms with Crippen molar-refractivity contribution in [3.63, 3.8) is 0 Å². The van der Waals surface area contributed by atoms with Gasteiger partial charge in [-0.25, -0.2) is 4.99 Å². The Hall–Kier alpha value is -2.53. The van der Waals surface area contributed by atoms with E-state index >= 15 is 0 Å². The van der Waals surface area contributed by atoms with Crippen molar-refractivity contribution < 1.29 is 9.47 Å². The van der Waals surface area contributed by atoms with Crippen LogP contribution in [0.2, 0.25) is 0 Å². The van der Waals surface area contributed by atoms with Gasteiger partial charge in [0.1, 0.15) is 12.4 Å². The Balaban J connectivity index is 1.98. The molecule has 2 aromatic rings. The van der Waals surface area contributed by atoms with Crippen molar-refractivity contribution in [3.8, 4) is 5.75 Å². The number of aryl methyl sites for hydroxylation is 2. The zero-order valence-electron chi connectivity index (χ0n) is 15.9. The van der Waals surface area contributed by atoms with Gasteiger partial charge in [-0.3, -0.25) is 0 Å². The SMILES string of the molecule is CCc1cccc(CC)c1NC(N)=NCc1ccc(OCCOC)cc1. The first-order valence-electron chi connectivity index (χ1n) is 9.06. The molecule has 2 aromatic carbocycles. The van der Waals surface area contributed by atoms with Gasteiger partial charge >= 0.3 is 0 Å². The number of guanidine groups is 1. The van der Waals surface area contributed by atoms with Gasteiger partial charge < -0.3 is 20.5 Å². The molecular formula is C21H29N3O2. The van der Waals surface area contributed by atoms with Crippen molar-refractivity contribution in [2.45, 2.75) is 33.2 Å². The van der Waals surface area contributed by atoms with Crippen molar-refractivity contribution in [1.29, 1.82) is 0 Å². The van der Waals surface area contributed by atoms with E-state index in [1.165, 1.54) is 11.1 Å². The maximum atomic E-state index is 6.11. The summed E-state index contributed by atoms with van der Waals surface area (Å²) in [6, 6.07) is 14.2. The smallest absolute Gasteiger partial charge is 0.193 e. The number of methoxy groups -OCH3 is 1. The molecular weight excluding hydrogens is 326 g/mol. The zero-order chi connectivity index (χ0) is 18.8. The molecule has 2 rings (SSSR count). The second-order valence-electron chi connectivity index (χ2n) is 5.97. The fourth-order valence-corrected chi connectivity index (χ4v) is 2.68. The molecule has 0 heterocycles. The van der Waals surface area contributed by atoms with E-state index in [1.54, 1.807) is 7.11 Å². The molecule has 0 spiro atoms. The molecule has 0 aromatic heterocycles. The van der Waals surface area contributed by atoms with Gasteiger partial charge in [-0.15, -0.1) is 0 Å². The minimum absolute atomic E-state index is 0.432. The number of aliphatic imine (C=N–C) groups is 1. The second-order valence-corrected chi connectivity index (χ2v) is 5.97. The molecule has 0 fully saturated rings. The molecule has 140 valence electrons. The second kappa shape index (κ2) is 10.5. The van der Waals surface area contributed by atoms with Crippen molar-refractivity contribution >= 4 is 11.6 Å². The highest BCUT2D eigenvalue weighted by molar-refractivity contribution is 5.93. The topological polar surface area (TPSA) is 68.9 Å². The highest BCUT2D eigenvalue weighted by atomic mass is 16.5. The van der Waals surface area contributed by atoms with Gasteiger partial charge in [-0.05, 0) is 41.7 Å². The van der Waals surface area contributed by atoms with Gasteiger partial charge in [0.05, 0.1) is 13.2 Å². The summed E-state index contributed by atoms with van der Waals surface area (Å²) in [5.74, 6) is 1.26. The van der Waals surface area contributed by atoms with E-state index in [0.29, 0.717) is 25.7 Å². The van der Waals surface area contributed by atoms with Gasteiger partial charge in [-0.2, -0.15) is 0 Å². The number of rotatable bonds is 9. The van der Waals surface area contributed by atoms with Crippen LogP contribution in [0.4, 0.5) is 5.69 Å². The number of nitrogens with zero attached hydrogens (tertiary/aromatic N) is 1. The highest BCUT2D eigenvalue weighted by Crippen LogP contribution is 2.22. The average molecular weight is 355 g/mol. The van der Waals surface area contributed by atoms with Gasteiger partial charge in [0.15, 0.2) is 5.96 Å². The van der Waals surface area contributed by atoms with E-state index in [-0.39, 0.29) is 0 Å². The molecule has 3 N–H and O–H groups in total. The standard InChI is InChI=1S/C21H29N3O2/c1-4-17-7-6-8-18(5-2)20(17)24-21(22)23-15-16-9-11-19(12-10-16)26-14-13-25-3/h6-12H,4-5,13-15H2,1-3H3,(H3,22,23,24). The maximum absolute atomic E-state index is 6.11. The first-order chi connectivity index (χ1) is 12.7. The maximum Gasteiger partial charge on any atom is 0.193 e. The third-order valence-corrected chi connectivity index (χ3v) is 4.16. The summed E-state index contributed by atoms with van der Waals surface area (Å²) in [4.78, 5) is 4.47. The summed E-state index contributed by atoms with van der Waals surface area (Å²) in [5, 5.41) is 3.29. The molecule has 0 aliphatic heterocycles. The van der Waals surface area contributed by atoms with Crippen LogP contribution in [-0.2, 0) is 24.1 Å². The van der Waals surface area contributed by atoms with Crippen LogP contribution < -0.4 is 15.8 Å². The van der Waals surface area contributed by atoms with E-state index in [1.807, 2.05) is 24.3 Å². The Morgan fingerprint density at radius 3 is 2.23 bits per heavy atom. The molecule has 0 saturated heterocycles. The zero-order valence-corrected chi connectivity index (χ0v) is 15.9. The molecule has 0 bridgehead atoms. The summed E-state index contributed by atoms with van der Waals surface area (Å²) < 4.78 is 10.5. The molecule has 5 nitrogen and oxygen atoms in total. The van der Waals surface area contributed by atoms with Crippen LogP contribution in [0.1, 0.15) is 30.5 Å². The molecule has 0 aliphatic rings. The summed E-state index contributed by atoms with van der Waals surface area (Å²) in [6.07, 6.45) is 1.90. The molecule has 0 saturated carbocycles. The third kappa shape index (κ3) is 5.77. The van der Waals surface area contributed by atoms with Crippen molar-refractivity contribution in [1.82, 2.24) is 0 Å². The fraction of sp³-hybridized carbons (Fsp3) is 0.381. The predicted molar refractivity (Wildman–Crippen MR) is 108 cm³/mol. The molecule has 0 unspecified atom stereocenters. The van der Waals surface area contributed by atoms with E-state index in [4.69, 9.17) is 15.2 Å². The molecule has 0 aliphatic carbocycles. The van der Waals surface area contributed by atoms with Crippen molar-refractivity contribution in [2.24, 2.45) is 10.7 Å². The van der Waals surface area contributed by atoms with Crippen LogP contribution in [0.15, 0.2) is 47.5 Å². The third-order valence-electron chi connectivity index (χ3n) is 4.16. The number of benzene rings is 2. The quantitative estimate of drug-likeness (QED) is 0.408. The number of hydrogen-bond acceptors (Lipinski definition) is 3. The summed E-state index contributed by atoms with van der Waals surface area (Å²) in [5.41, 5.74) is 10.8. The lowest BCUT2D eigenvalue weighted by Crippen LogP contribution is -2.24. The van der Waals surface area contributed by atoms with E-state index in [2.05, 4.69) is 42.4 Å². The first kappa shape index (κ1) is 19.8. The number of nitrogens with two attached hydrogens (primary N) is 1. The molecule has 0 radical (unpaired) electrons. The minimum atomic E-state index is 0.432. The van der Waals surface area contributed by atoms with Gasteiger partial charge in [-0.1, -0.05) is 44.2 Å². The summed E-state index contributed by atoms with van der Waals surface area (Å²) in [6.45, 7) is 5.93. The predicted octanol–water partition coefficient (Wildman–Crippen LogP) is 3.76. The van der Waals surface area contributed by atoms with Crippen LogP contribution in [0.3, 0.4) is 0 Å². The lowest BCUT2D eigenvalue weighted by atomic mass is 10.0. The number of anilines is 1. The molecule has 0 atom stereocenters. The number of para-hydroxylation sites is 1. The number of ether oxygens (including phenoxy) is 2. The minimum Gasteiger partial charge on any atom is -0.491 e. The number of hydrogen-bond donors (Lipinski definition) is 2. The van der Waals surface area contributed by atoms with E-state index in [0.717, 1.165) is 29.8 Å². The van der Waals surface area contributed by atoms with Crippen LogP contribution in [-0.4, -0.2) is 26.3 Å². The van der Waals surface area contributed by atoms with Gasteiger partial charge in [0, 0.05) is 12.8 Å².